The Morgan fingerprint density at radius 2 is 1.50 bits per heavy atom. The minimum atomic E-state index is -5.04. The Morgan fingerprint density at radius 1 is 0.969 bits per heavy atom. The molecule has 2 atom stereocenters. The van der Waals surface area contributed by atoms with E-state index in [1.807, 2.05) is 5.32 Å². The van der Waals surface area contributed by atoms with Crippen molar-refractivity contribution in [3.8, 4) is 0 Å². The standard InChI is InChI=1S/C21H20ClF6NO3/c22-19-7-11-1-12(8-19)6-18(5-11,10-19)17(31)32-9-16(30)29-15-3-13(20(23,24)25)2-14(4-15)21(26,27)28/h2-4,11-12H,1,5-10H2,(H,29,30). The van der Waals surface area contributed by atoms with E-state index in [0.717, 1.165) is 19.3 Å². The number of nitrogens with one attached hydrogen (secondary N) is 1. The highest BCUT2D eigenvalue weighted by Gasteiger charge is 2.60. The predicted molar refractivity (Wildman–Crippen MR) is 102 cm³/mol. The van der Waals surface area contributed by atoms with Crippen molar-refractivity contribution in [2.45, 2.75) is 55.8 Å². The third-order valence-electron chi connectivity index (χ3n) is 6.63. The van der Waals surface area contributed by atoms with Crippen molar-refractivity contribution >= 4 is 29.2 Å². The zero-order valence-electron chi connectivity index (χ0n) is 16.7. The highest BCUT2D eigenvalue weighted by molar-refractivity contribution is 6.24. The molecule has 4 fully saturated rings. The summed E-state index contributed by atoms with van der Waals surface area (Å²) in [5.74, 6) is -1.01. The number of hydrogen-bond donors (Lipinski definition) is 1. The molecule has 2 unspecified atom stereocenters. The van der Waals surface area contributed by atoms with Crippen LogP contribution in [0.4, 0.5) is 32.0 Å². The molecule has 4 bridgehead atoms. The topological polar surface area (TPSA) is 55.4 Å². The minimum Gasteiger partial charge on any atom is -0.455 e. The monoisotopic (exact) mass is 483 g/mol. The number of hydrogen-bond acceptors (Lipinski definition) is 3. The lowest BCUT2D eigenvalue weighted by molar-refractivity contribution is -0.171. The third kappa shape index (κ3) is 4.56. The van der Waals surface area contributed by atoms with Gasteiger partial charge in [0.25, 0.3) is 5.91 Å². The fourth-order valence-electron chi connectivity index (χ4n) is 5.90. The number of anilines is 1. The fourth-order valence-corrected chi connectivity index (χ4v) is 6.59. The first-order valence-electron chi connectivity index (χ1n) is 10.1. The summed E-state index contributed by atoms with van der Waals surface area (Å²) in [6, 6.07) is 0.751. The molecule has 4 saturated carbocycles. The van der Waals surface area contributed by atoms with Crippen LogP contribution in [0, 0.1) is 17.3 Å². The first-order valence-corrected chi connectivity index (χ1v) is 10.5. The number of esters is 1. The highest BCUT2D eigenvalue weighted by atomic mass is 35.5. The van der Waals surface area contributed by atoms with Gasteiger partial charge in [0.2, 0.25) is 0 Å². The number of benzene rings is 1. The summed E-state index contributed by atoms with van der Waals surface area (Å²) in [4.78, 5) is 24.5. The highest BCUT2D eigenvalue weighted by Crippen LogP contribution is 2.64. The summed E-state index contributed by atoms with van der Waals surface area (Å²) in [6.45, 7) is -0.817. The van der Waals surface area contributed by atoms with Crippen LogP contribution in [0.25, 0.3) is 0 Å². The number of alkyl halides is 7. The average Bonchev–Trinajstić information content (AvgIpc) is 2.62. The van der Waals surface area contributed by atoms with E-state index in [2.05, 4.69) is 0 Å². The van der Waals surface area contributed by atoms with Crippen molar-refractivity contribution in [3.63, 3.8) is 0 Å². The maximum atomic E-state index is 13.0. The van der Waals surface area contributed by atoms with Crippen molar-refractivity contribution < 1.29 is 40.7 Å². The largest absolute Gasteiger partial charge is 0.455 e. The zero-order valence-corrected chi connectivity index (χ0v) is 17.5. The second-order valence-corrected chi connectivity index (χ2v) is 10.1. The molecule has 1 aromatic carbocycles. The van der Waals surface area contributed by atoms with Crippen LogP contribution in [-0.2, 0) is 26.7 Å². The molecular formula is C21H20ClF6NO3. The normalized spacial score (nSPS) is 31.5. The molecule has 176 valence electrons. The summed E-state index contributed by atoms with van der Waals surface area (Å²) in [7, 11) is 0. The lowest BCUT2D eigenvalue weighted by Crippen LogP contribution is -2.56. The molecule has 32 heavy (non-hydrogen) atoms. The van der Waals surface area contributed by atoms with E-state index in [9.17, 15) is 35.9 Å². The summed E-state index contributed by atoms with van der Waals surface area (Å²) in [6.07, 6.45) is -5.75. The Morgan fingerprint density at radius 3 is 1.97 bits per heavy atom. The molecule has 0 aliphatic heterocycles. The summed E-state index contributed by atoms with van der Waals surface area (Å²) < 4.78 is 82.9. The van der Waals surface area contributed by atoms with Crippen LogP contribution in [0.2, 0.25) is 0 Å². The third-order valence-corrected chi connectivity index (χ3v) is 7.07. The van der Waals surface area contributed by atoms with Gasteiger partial charge in [0, 0.05) is 10.6 Å². The molecule has 0 radical (unpaired) electrons. The van der Waals surface area contributed by atoms with E-state index in [-0.39, 0.29) is 6.07 Å². The van der Waals surface area contributed by atoms with Crippen LogP contribution in [0.15, 0.2) is 18.2 Å². The van der Waals surface area contributed by atoms with E-state index < -0.39 is 57.9 Å². The predicted octanol–water partition coefficient (Wildman–Crippen LogP) is 5.78. The van der Waals surface area contributed by atoms with Crippen molar-refractivity contribution in [3.05, 3.63) is 29.3 Å². The van der Waals surface area contributed by atoms with Crippen molar-refractivity contribution in [1.82, 2.24) is 0 Å². The number of amides is 1. The van der Waals surface area contributed by atoms with Crippen LogP contribution < -0.4 is 5.32 Å². The number of halogens is 7. The van der Waals surface area contributed by atoms with Crippen LogP contribution >= 0.6 is 11.6 Å². The van der Waals surface area contributed by atoms with Crippen LogP contribution in [0.1, 0.15) is 49.7 Å². The number of ether oxygens (including phenoxy) is 1. The molecule has 11 heteroatoms. The van der Waals surface area contributed by atoms with Crippen LogP contribution in [0.5, 0.6) is 0 Å². The first-order chi connectivity index (χ1) is 14.7. The quantitative estimate of drug-likeness (QED) is 0.335. The second-order valence-electron chi connectivity index (χ2n) is 9.31. The molecule has 1 aromatic rings. The van der Waals surface area contributed by atoms with Gasteiger partial charge in [0.1, 0.15) is 0 Å². The minimum absolute atomic E-state index is 0.0370. The van der Waals surface area contributed by atoms with Gasteiger partial charge in [-0.05, 0) is 68.6 Å². The lowest BCUT2D eigenvalue weighted by Gasteiger charge is -2.58. The maximum absolute atomic E-state index is 13.0. The van der Waals surface area contributed by atoms with E-state index in [4.69, 9.17) is 16.3 Å². The molecule has 1 amide bonds. The number of carbonyl (C=O) groups is 2. The molecule has 0 saturated heterocycles. The Bertz CT molecular complexity index is 898. The van der Waals surface area contributed by atoms with Gasteiger partial charge in [-0.2, -0.15) is 26.3 Å². The second kappa shape index (κ2) is 7.53. The zero-order chi connectivity index (χ0) is 23.5. The lowest BCUT2D eigenvalue weighted by atomic mass is 9.49. The number of rotatable bonds is 4. The van der Waals surface area contributed by atoms with Crippen molar-refractivity contribution in [2.75, 3.05) is 11.9 Å². The van der Waals surface area contributed by atoms with Gasteiger partial charge >= 0.3 is 18.3 Å². The molecule has 0 aromatic heterocycles. The van der Waals surface area contributed by atoms with Crippen molar-refractivity contribution in [1.29, 1.82) is 0 Å². The molecule has 4 aliphatic rings. The van der Waals surface area contributed by atoms with Gasteiger partial charge in [-0.3, -0.25) is 9.59 Å². The van der Waals surface area contributed by atoms with E-state index in [0.29, 0.717) is 43.2 Å². The smallest absolute Gasteiger partial charge is 0.416 e. The molecule has 5 rings (SSSR count). The Kier molecular flexibility index (Phi) is 5.46. The molecule has 4 aliphatic carbocycles. The van der Waals surface area contributed by atoms with Gasteiger partial charge in [0.05, 0.1) is 16.5 Å². The fraction of sp³-hybridized carbons (Fsp3) is 0.619. The number of carbonyl (C=O) groups excluding carboxylic acids is 2. The SMILES string of the molecule is O=C(COC(=O)C12CC3CC(CC(Cl)(C3)C1)C2)Nc1cc(C(F)(F)F)cc(C(F)(F)F)c1. The van der Waals surface area contributed by atoms with E-state index in [1.165, 1.54) is 0 Å². The maximum Gasteiger partial charge on any atom is 0.416 e. The average molecular weight is 484 g/mol. The molecule has 4 nitrogen and oxygen atoms in total. The van der Waals surface area contributed by atoms with Gasteiger partial charge in [0.15, 0.2) is 6.61 Å². The van der Waals surface area contributed by atoms with Gasteiger partial charge in [-0.25, -0.2) is 0 Å². The molecule has 0 heterocycles. The van der Waals surface area contributed by atoms with Gasteiger partial charge < -0.3 is 10.1 Å². The van der Waals surface area contributed by atoms with Crippen LogP contribution in [0.3, 0.4) is 0 Å². The Hall–Kier alpha value is -1.97. The molecule has 1 N–H and O–H groups in total. The summed E-state index contributed by atoms with van der Waals surface area (Å²) in [5, 5.41) is 1.96. The Labute approximate surface area is 184 Å². The van der Waals surface area contributed by atoms with Gasteiger partial charge in [-0.15, -0.1) is 11.6 Å². The van der Waals surface area contributed by atoms with E-state index in [1.54, 1.807) is 0 Å². The Balaban J connectivity index is 1.43. The molecular weight excluding hydrogens is 464 g/mol. The summed E-state index contributed by atoms with van der Waals surface area (Å²) >= 11 is 6.67. The van der Waals surface area contributed by atoms with Crippen molar-refractivity contribution in [2.24, 2.45) is 17.3 Å². The summed E-state index contributed by atoms with van der Waals surface area (Å²) in [5.41, 5.74) is -4.59. The van der Waals surface area contributed by atoms with Crippen LogP contribution in [-0.4, -0.2) is 23.4 Å². The van der Waals surface area contributed by atoms with E-state index >= 15 is 0 Å². The van der Waals surface area contributed by atoms with Gasteiger partial charge in [-0.1, -0.05) is 0 Å². The first kappa shape index (κ1) is 23.2. The molecule has 0 spiro atoms.